The minimum atomic E-state index is -0.0462. The summed E-state index contributed by atoms with van der Waals surface area (Å²) in [6.45, 7) is 4.42. The van der Waals surface area contributed by atoms with Crippen LogP contribution < -0.4 is 4.74 Å². The molecule has 0 spiro atoms. The summed E-state index contributed by atoms with van der Waals surface area (Å²) in [4.78, 5) is 12.1. The molecular weight excluding hydrogens is 236 g/mol. The van der Waals surface area contributed by atoms with E-state index < -0.39 is 0 Å². The second kappa shape index (κ2) is 6.74. The molecule has 0 N–H and O–H groups in total. The number of benzene rings is 1. The number of aryl methyl sites for hydroxylation is 1. The van der Waals surface area contributed by atoms with Gasteiger partial charge in [-0.25, -0.2) is 0 Å². The molecule has 0 amide bonds. The summed E-state index contributed by atoms with van der Waals surface area (Å²) in [6, 6.07) is 7.92. The Labute approximate surface area is 116 Å². The monoisotopic (exact) mass is 260 g/mol. The minimum absolute atomic E-state index is 0.0462. The molecule has 1 aliphatic rings. The van der Waals surface area contributed by atoms with Crippen molar-refractivity contribution in [2.24, 2.45) is 11.8 Å². The summed E-state index contributed by atoms with van der Waals surface area (Å²) in [7, 11) is 0. The van der Waals surface area contributed by atoms with Crippen molar-refractivity contribution in [3.8, 4) is 5.75 Å². The summed E-state index contributed by atoms with van der Waals surface area (Å²) < 4.78 is 5.48. The average Bonchev–Trinajstić information content (AvgIpc) is 2.42. The highest BCUT2D eigenvalue weighted by atomic mass is 16.5. The van der Waals surface area contributed by atoms with E-state index in [1.165, 1.54) is 5.56 Å². The number of hydrogen-bond acceptors (Lipinski definition) is 2. The maximum Gasteiger partial charge on any atom is 0.314 e. The van der Waals surface area contributed by atoms with Crippen LogP contribution in [-0.2, 0) is 11.2 Å². The Kier molecular flexibility index (Phi) is 5.00. The topological polar surface area (TPSA) is 26.3 Å². The van der Waals surface area contributed by atoms with Crippen molar-refractivity contribution >= 4 is 5.97 Å². The Morgan fingerprint density at radius 1 is 1.16 bits per heavy atom. The molecule has 0 bridgehead atoms. The van der Waals surface area contributed by atoms with Crippen molar-refractivity contribution in [3.05, 3.63) is 29.8 Å². The van der Waals surface area contributed by atoms with Gasteiger partial charge in [0.15, 0.2) is 0 Å². The van der Waals surface area contributed by atoms with Gasteiger partial charge in [-0.2, -0.15) is 0 Å². The zero-order chi connectivity index (χ0) is 13.7. The van der Waals surface area contributed by atoms with Gasteiger partial charge in [0.1, 0.15) is 5.75 Å². The van der Waals surface area contributed by atoms with Crippen LogP contribution in [0, 0.1) is 11.8 Å². The number of hydrogen-bond donors (Lipinski definition) is 0. The molecule has 1 fully saturated rings. The SMILES string of the molecule is CCCc1ccc(OC(=O)C2CCC(C)CC2)cc1. The lowest BCUT2D eigenvalue weighted by Gasteiger charge is -2.24. The molecule has 0 atom stereocenters. The average molecular weight is 260 g/mol. The van der Waals surface area contributed by atoms with Crippen LogP contribution >= 0.6 is 0 Å². The molecule has 0 heterocycles. The lowest BCUT2D eigenvalue weighted by Crippen LogP contribution is -2.24. The number of esters is 1. The van der Waals surface area contributed by atoms with Crippen molar-refractivity contribution in [3.63, 3.8) is 0 Å². The first-order valence-corrected chi connectivity index (χ1v) is 7.49. The van der Waals surface area contributed by atoms with Gasteiger partial charge in [-0.05, 0) is 55.7 Å². The van der Waals surface area contributed by atoms with E-state index >= 15 is 0 Å². The Morgan fingerprint density at radius 3 is 2.37 bits per heavy atom. The number of carbonyl (C=O) groups excluding carboxylic acids is 1. The molecule has 0 aromatic heterocycles. The van der Waals surface area contributed by atoms with Crippen molar-refractivity contribution in [2.45, 2.75) is 52.4 Å². The van der Waals surface area contributed by atoms with Crippen LogP contribution in [0.3, 0.4) is 0 Å². The molecule has 2 nitrogen and oxygen atoms in total. The number of ether oxygens (including phenoxy) is 1. The van der Waals surface area contributed by atoms with Gasteiger partial charge in [-0.3, -0.25) is 4.79 Å². The lowest BCUT2D eigenvalue weighted by atomic mass is 9.83. The Balaban J connectivity index is 1.88. The first-order chi connectivity index (χ1) is 9.19. The highest BCUT2D eigenvalue weighted by molar-refractivity contribution is 5.75. The smallest absolute Gasteiger partial charge is 0.314 e. The first kappa shape index (κ1) is 14.1. The van der Waals surface area contributed by atoms with Crippen LogP contribution in [0.2, 0.25) is 0 Å². The van der Waals surface area contributed by atoms with Crippen LogP contribution in [0.4, 0.5) is 0 Å². The molecule has 0 saturated heterocycles. The quantitative estimate of drug-likeness (QED) is 0.593. The molecule has 104 valence electrons. The van der Waals surface area contributed by atoms with Crippen molar-refractivity contribution in [2.75, 3.05) is 0 Å². The molecule has 0 radical (unpaired) electrons. The molecule has 1 aliphatic carbocycles. The van der Waals surface area contributed by atoms with Gasteiger partial charge >= 0.3 is 5.97 Å². The maximum absolute atomic E-state index is 12.1. The zero-order valence-corrected chi connectivity index (χ0v) is 12.0. The second-order valence-electron chi connectivity index (χ2n) is 5.77. The van der Waals surface area contributed by atoms with E-state index in [2.05, 4.69) is 26.0 Å². The third-order valence-corrected chi connectivity index (χ3v) is 4.03. The summed E-state index contributed by atoms with van der Waals surface area (Å²) in [5, 5.41) is 0. The van der Waals surface area contributed by atoms with Crippen molar-refractivity contribution in [1.29, 1.82) is 0 Å². The first-order valence-electron chi connectivity index (χ1n) is 7.49. The van der Waals surface area contributed by atoms with E-state index in [-0.39, 0.29) is 11.9 Å². The van der Waals surface area contributed by atoms with E-state index in [0.717, 1.165) is 44.4 Å². The molecule has 1 saturated carbocycles. The van der Waals surface area contributed by atoms with Crippen LogP contribution in [-0.4, -0.2) is 5.97 Å². The van der Waals surface area contributed by atoms with E-state index in [4.69, 9.17) is 4.74 Å². The van der Waals surface area contributed by atoms with E-state index in [0.29, 0.717) is 5.75 Å². The summed E-state index contributed by atoms with van der Waals surface area (Å²) in [5.74, 6) is 1.50. The fraction of sp³-hybridized carbons (Fsp3) is 0.588. The summed E-state index contributed by atoms with van der Waals surface area (Å²) in [6.07, 6.45) is 6.47. The molecule has 1 aromatic carbocycles. The van der Waals surface area contributed by atoms with Gasteiger partial charge in [0.05, 0.1) is 5.92 Å². The van der Waals surface area contributed by atoms with Crippen molar-refractivity contribution < 1.29 is 9.53 Å². The van der Waals surface area contributed by atoms with Crippen molar-refractivity contribution in [1.82, 2.24) is 0 Å². The van der Waals surface area contributed by atoms with Crippen LogP contribution in [0.25, 0.3) is 0 Å². The van der Waals surface area contributed by atoms with Gasteiger partial charge in [0, 0.05) is 0 Å². The van der Waals surface area contributed by atoms with Gasteiger partial charge in [-0.1, -0.05) is 32.4 Å². The standard InChI is InChI=1S/C17H24O2/c1-3-4-14-7-11-16(12-8-14)19-17(18)15-9-5-13(2)6-10-15/h7-8,11-13,15H,3-6,9-10H2,1-2H3. The second-order valence-corrected chi connectivity index (χ2v) is 5.77. The molecule has 0 unspecified atom stereocenters. The molecule has 2 rings (SSSR count). The van der Waals surface area contributed by atoms with Gasteiger partial charge in [-0.15, -0.1) is 0 Å². The fourth-order valence-corrected chi connectivity index (χ4v) is 2.71. The maximum atomic E-state index is 12.1. The van der Waals surface area contributed by atoms with E-state index in [1.54, 1.807) is 0 Å². The molecule has 1 aromatic rings. The van der Waals surface area contributed by atoms with Gasteiger partial charge in [0.2, 0.25) is 0 Å². The summed E-state index contributed by atoms with van der Waals surface area (Å²) in [5.41, 5.74) is 1.30. The molecule has 0 aliphatic heterocycles. The zero-order valence-electron chi connectivity index (χ0n) is 12.0. The van der Waals surface area contributed by atoms with E-state index in [1.807, 2.05) is 12.1 Å². The van der Waals surface area contributed by atoms with Crippen LogP contribution in [0.1, 0.15) is 51.5 Å². The number of rotatable bonds is 4. The molecule has 19 heavy (non-hydrogen) atoms. The number of carbonyl (C=O) groups is 1. The Morgan fingerprint density at radius 2 is 1.79 bits per heavy atom. The van der Waals surface area contributed by atoms with Gasteiger partial charge < -0.3 is 4.74 Å². The third-order valence-electron chi connectivity index (χ3n) is 4.03. The van der Waals surface area contributed by atoms with Crippen LogP contribution in [0.15, 0.2) is 24.3 Å². The predicted molar refractivity (Wildman–Crippen MR) is 77.2 cm³/mol. The largest absolute Gasteiger partial charge is 0.426 e. The van der Waals surface area contributed by atoms with Gasteiger partial charge in [0.25, 0.3) is 0 Å². The Bertz CT molecular complexity index is 400. The fourth-order valence-electron chi connectivity index (χ4n) is 2.71. The predicted octanol–water partition coefficient (Wildman–Crippen LogP) is 4.37. The van der Waals surface area contributed by atoms with Crippen LogP contribution in [0.5, 0.6) is 5.75 Å². The minimum Gasteiger partial charge on any atom is -0.426 e. The van der Waals surface area contributed by atoms with E-state index in [9.17, 15) is 4.79 Å². The molecule has 2 heteroatoms. The lowest BCUT2D eigenvalue weighted by molar-refractivity contribution is -0.140. The summed E-state index contributed by atoms with van der Waals surface area (Å²) >= 11 is 0. The Hall–Kier alpha value is -1.31. The molecular formula is C17H24O2. The highest BCUT2D eigenvalue weighted by Gasteiger charge is 2.25. The third kappa shape index (κ3) is 4.09. The highest BCUT2D eigenvalue weighted by Crippen LogP contribution is 2.29. The normalized spacial score (nSPS) is 23.1.